The first-order chi connectivity index (χ1) is 6.88. The lowest BCUT2D eigenvalue weighted by Crippen LogP contribution is -2.48. The highest BCUT2D eigenvalue weighted by atomic mass is 16.3. The molecule has 0 atom stereocenters. The fourth-order valence-corrected chi connectivity index (χ4v) is 2.50. The van der Waals surface area contributed by atoms with Crippen molar-refractivity contribution in [1.29, 1.82) is 0 Å². The minimum Gasteiger partial charge on any atom is -0.396 e. The van der Waals surface area contributed by atoms with Crippen LogP contribution in [0.3, 0.4) is 0 Å². The standard InChI is InChI=1S/C11H22N2O/c14-10-11-8-13(9-11)7-3-6-12-4-1-2-5-12/h11,14H,1-10H2. The molecule has 14 heavy (non-hydrogen) atoms. The van der Waals surface area contributed by atoms with Gasteiger partial charge < -0.3 is 14.9 Å². The Morgan fingerprint density at radius 2 is 1.64 bits per heavy atom. The Hall–Kier alpha value is -0.120. The van der Waals surface area contributed by atoms with Gasteiger partial charge in [-0.2, -0.15) is 0 Å². The monoisotopic (exact) mass is 198 g/mol. The molecule has 0 aromatic rings. The molecule has 2 aliphatic rings. The summed E-state index contributed by atoms with van der Waals surface area (Å²) >= 11 is 0. The Morgan fingerprint density at radius 1 is 1.00 bits per heavy atom. The quantitative estimate of drug-likeness (QED) is 0.692. The molecule has 0 unspecified atom stereocenters. The number of nitrogens with zero attached hydrogens (tertiary/aromatic N) is 2. The van der Waals surface area contributed by atoms with E-state index in [1.807, 2.05) is 0 Å². The number of hydrogen-bond acceptors (Lipinski definition) is 3. The molecule has 2 heterocycles. The van der Waals surface area contributed by atoms with Gasteiger partial charge in [-0.25, -0.2) is 0 Å². The Kier molecular flexibility index (Phi) is 3.79. The third-order valence-electron chi connectivity index (χ3n) is 3.44. The lowest BCUT2D eigenvalue weighted by molar-refractivity contribution is 0.0513. The van der Waals surface area contributed by atoms with E-state index in [0.29, 0.717) is 12.5 Å². The van der Waals surface area contributed by atoms with Crippen LogP contribution < -0.4 is 0 Å². The first-order valence-electron chi connectivity index (χ1n) is 5.94. The van der Waals surface area contributed by atoms with Crippen LogP contribution >= 0.6 is 0 Å². The molecule has 2 aliphatic heterocycles. The first kappa shape index (κ1) is 10.4. The lowest BCUT2D eigenvalue weighted by Gasteiger charge is -2.38. The molecule has 3 heteroatoms. The molecule has 0 amide bonds. The average molecular weight is 198 g/mol. The molecule has 1 N–H and O–H groups in total. The Balaban J connectivity index is 1.47. The molecular weight excluding hydrogens is 176 g/mol. The maximum atomic E-state index is 8.87. The van der Waals surface area contributed by atoms with Crippen LogP contribution in [-0.4, -0.2) is 60.8 Å². The third kappa shape index (κ3) is 2.69. The number of aliphatic hydroxyl groups excluding tert-OH is 1. The highest BCUT2D eigenvalue weighted by molar-refractivity contribution is 4.79. The zero-order chi connectivity index (χ0) is 9.80. The highest BCUT2D eigenvalue weighted by Gasteiger charge is 2.25. The van der Waals surface area contributed by atoms with E-state index in [-0.39, 0.29) is 0 Å². The van der Waals surface area contributed by atoms with Crippen molar-refractivity contribution in [3.05, 3.63) is 0 Å². The Labute approximate surface area is 86.7 Å². The largest absolute Gasteiger partial charge is 0.396 e. The molecule has 0 aromatic heterocycles. The molecular formula is C11H22N2O. The molecule has 0 aliphatic carbocycles. The summed E-state index contributed by atoms with van der Waals surface area (Å²) in [5, 5.41) is 8.87. The normalized spacial score (nSPS) is 25.5. The molecule has 2 saturated heterocycles. The number of hydrogen-bond donors (Lipinski definition) is 1. The van der Waals surface area contributed by atoms with Gasteiger partial charge in [0.2, 0.25) is 0 Å². The number of rotatable bonds is 5. The van der Waals surface area contributed by atoms with Gasteiger partial charge in [0.05, 0.1) is 0 Å². The zero-order valence-electron chi connectivity index (χ0n) is 8.99. The second-order valence-corrected chi connectivity index (χ2v) is 4.71. The highest BCUT2D eigenvalue weighted by Crippen LogP contribution is 2.15. The summed E-state index contributed by atoms with van der Waals surface area (Å²) in [6, 6.07) is 0. The van der Waals surface area contributed by atoms with Crippen LogP contribution in [0.15, 0.2) is 0 Å². The summed E-state index contributed by atoms with van der Waals surface area (Å²) in [4.78, 5) is 5.03. The lowest BCUT2D eigenvalue weighted by atomic mass is 10.0. The molecule has 0 bridgehead atoms. The van der Waals surface area contributed by atoms with Crippen molar-refractivity contribution in [3.63, 3.8) is 0 Å². The molecule has 0 aromatic carbocycles. The van der Waals surface area contributed by atoms with Crippen LogP contribution in [0.2, 0.25) is 0 Å². The van der Waals surface area contributed by atoms with Gasteiger partial charge in [0, 0.05) is 25.6 Å². The maximum Gasteiger partial charge on any atom is 0.0483 e. The topological polar surface area (TPSA) is 26.7 Å². The fourth-order valence-electron chi connectivity index (χ4n) is 2.50. The van der Waals surface area contributed by atoms with Gasteiger partial charge in [-0.3, -0.25) is 0 Å². The molecule has 0 saturated carbocycles. The van der Waals surface area contributed by atoms with E-state index >= 15 is 0 Å². The van der Waals surface area contributed by atoms with Crippen molar-refractivity contribution in [1.82, 2.24) is 9.80 Å². The number of likely N-dealkylation sites (tertiary alicyclic amines) is 2. The van der Waals surface area contributed by atoms with Crippen molar-refractivity contribution in [2.45, 2.75) is 19.3 Å². The van der Waals surface area contributed by atoms with E-state index < -0.39 is 0 Å². The minimum absolute atomic E-state index is 0.378. The van der Waals surface area contributed by atoms with Crippen molar-refractivity contribution in [2.75, 3.05) is 45.9 Å². The van der Waals surface area contributed by atoms with Crippen molar-refractivity contribution < 1.29 is 5.11 Å². The van der Waals surface area contributed by atoms with Gasteiger partial charge in [-0.1, -0.05) is 0 Å². The van der Waals surface area contributed by atoms with Gasteiger partial charge in [0.1, 0.15) is 0 Å². The van der Waals surface area contributed by atoms with E-state index in [1.165, 1.54) is 45.4 Å². The van der Waals surface area contributed by atoms with E-state index in [9.17, 15) is 0 Å². The molecule has 0 radical (unpaired) electrons. The van der Waals surface area contributed by atoms with E-state index in [0.717, 1.165) is 13.1 Å². The Morgan fingerprint density at radius 3 is 2.29 bits per heavy atom. The van der Waals surface area contributed by atoms with Crippen LogP contribution in [-0.2, 0) is 0 Å². The molecule has 82 valence electrons. The van der Waals surface area contributed by atoms with Gasteiger partial charge >= 0.3 is 0 Å². The van der Waals surface area contributed by atoms with Gasteiger partial charge in [-0.05, 0) is 45.4 Å². The summed E-state index contributed by atoms with van der Waals surface area (Å²) in [6.45, 7) is 7.77. The summed E-state index contributed by atoms with van der Waals surface area (Å²) < 4.78 is 0. The van der Waals surface area contributed by atoms with Gasteiger partial charge in [0.15, 0.2) is 0 Å². The molecule has 0 spiro atoms. The second kappa shape index (κ2) is 5.10. The predicted octanol–water partition coefficient (Wildman–Crippen LogP) is 0.396. The smallest absolute Gasteiger partial charge is 0.0483 e. The predicted molar refractivity (Wildman–Crippen MR) is 57.3 cm³/mol. The second-order valence-electron chi connectivity index (χ2n) is 4.71. The van der Waals surface area contributed by atoms with Crippen LogP contribution in [0.4, 0.5) is 0 Å². The third-order valence-corrected chi connectivity index (χ3v) is 3.44. The summed E-state index contributed by atoms with van der Waals surface area (Å²) in [5.74, 6) is 0.571. The van der Waals surface area contributed by atoms with Crippen LogP contribution in [0, 0.1) is 5.92 Å². The zero-order valence-corrected chi connectivity index (χ0v) is 8.99. The summed E-state index contributed by atoms with van der Waals surface area (Å²) in [6.07, 6.45) is 4.10. The fraction of sp³-hybridized carbons (Fsp3) is 1.00. The Bertz CT molecular complexity index is 163. The van der Waals surface area contributed by atoms with E-state index in [1.54, 1.807) is 0 Å². The summed E-state index contributed by atoms with van der Waals surface area (Å²) in [5.41, 5.74) is 0. The number of aliphatic hydroxyl groups is 1. The van der Waals surface area contributed by atoms with E-state index in [4.69, 9.17) is 5.11 Å². The average Bonchev–Trinajstić information content (AvgIpc) is 2.61. The minimum atomic E-state index is 0.378. The van der Waals surface area contributed by atoms with Crippen molar-refractivity contribution in [3.8, 4) is 0 Å². The van der Waals surface area contributed by atoms with Crippen molar-refractivity contribution in [2.24, 2.45) is 5.92 Å². The maximum absolute atomic E-state index is 8.87. The summed E-state index contributed by atoms with van der Waals surface area (Å²) in [7, 11) is 0. The van der Waals surface area contributed by atoms with Crippen LogP contribution in [0.25, 0.3) is 0 Å². The van der Waals surface area contributed by atoms with Gasteiger partial charge in [0.25, 0.3) is 0 Å². The van der Waals surface area contributed by atoms with Crippen molar-refractivity contribution >= 4 is 0 Å². The van der Waals surface area contributed by atoms with Crippen LogP contribution in [0.5, 0.6) is 0 Å². The SMILES string of the molecule is OCC1CN(CCCN2CCCC2)C1. The van der Waals surface area contributed by atoms with E-state index in [2.05, 4.69) is 9.80 Å². The molecule has 3 nitrogen and oxygen atoms in total. The van der Waals surface area contributed by atoms with Gasteiger partial charge in [-0.15, -0.1) is 0 Å². The molecule has 2 rings (SSSR count). The first-order valence-corrected chi connectivity index (χ1v) is 5.94. The van der Waals surface area contributed by atoms with Crippen LogP contribution in [0.1, 0.15) is 19.3 Å². The molecule has 2 fully saturated rings.